The second-order valence-corrected chi connectivity index (χ2v) is 6.28. The second kappa shape index (κ2) is 11.7. The van der Waals surface area contributed by atoms with Crippen LogP contribution in [-0.2, 0) is 4.79 Å². The molecule has 0 radical (unpaired) electrons. The summed E-state index contributed by atoms with van der Waals surface area (Å²) < 4.78 is 5.02. The summed E-state index contributed by atoms with van der Waals surface area (Å²) in [5, 5.41) is 9.48. The highest BCUT2D eigenvalue weighted by Crippen LogP contribution is 2.26. The monoisotopic (exact) mass is 334 g/mol. The maximum atomic E-state index is 12.3. The standard InChI is InChI=1S/C20H30O4/c1-3-4-5-6-7-8-9-10-11-12-19(23)18-14-13-17(22)15-20(18)24-16(2)21/h13-15,22H,3-12H2,1-2H3. The van der Waals surface area contributed by atoms with Crippen molar-refractivity contribution in [1.29, 1.82) is 0 Å². The van der Waals surface area contributed by atoms with Crippen molar-refractivity contribution in [3.63, 3.8) is 0 Å². The van der Waals surface area contributed by atoms with Gasteiger partial charge in [0, 0.05) is 19.4 Å². The molecule has 0 spiro atoms. The molecule has 0 fully saturated rings. The number of Topliss-reactive ketones (excluding diaryl/α,β-unsaturated/α-hetero) is 1. The molecule has 4 heteroatoms. The summed E-state index contributed by atoms with van der Waals surface area (Å²) in [4.78, 5) is 23.4. The van der Waals surface area contributed by atoms with E-state index in [0.29, 0.717) is 12.0 Å². The summed E-state index contributed by atoms with van der Waals surface area (Å²) in [7, 11) is 0. The highest BCUT2D eigenvalue weighted by Gasteiger charge is 2.14. The predicted molar refractivity (Wildman–Crippen MR) is 95.6 cm³/mol. The van der Waals surface area contributed by atoms with E-state index in [2.05, 4.69) is 6.92 Å². The molecule has 1 aromatic carbocycles. The fourth-order valence-corrected chi connectivity index (χ4v) is 2.71. The summed E-state index contributed by atoms with van der Waals surface area (Å²) in [5.41, 5.74) is 0.363. The lowest BCUT2D eigenvalue weighted by molar-refractivity contribution is -0.131. The molecule has 0 aliphatic carbocycles. The van der Waals surface area contributed by atoms with Gasteiger partial charge < -0.3 is 9.84 Å². The SMILES string of the molecule is CCCCCCCCCCCC(=O)c1ccc(O)cc1OC(C)=O. The molecule has 24 heavy (non-hydrogen) atoms. The number of carbonyl (C=O) groups excluding carboxylic acids is 2. The Morgan fingerprint density at radius 3 is 2.12 bits per heavy atom. The molecule has 0 aliphatic rings. The Hall–Kier alpha value is -1.84. The summed E-state index contributed by atoms with van der Waals surface area (Å²) in [6, 6.07) is 4.27. The Bertz CT molecular complexity index is 522. The van der Waals surface area contributed by atoms with E-state index in [4.69, 9.17) is 4.74 Å². The molecule has 1 aromatic rings. The van der Waals surface area contributed by atoms with Gasteiger partial charge in [-0.25, -0.2) is 0 Å². The zero-order valence-electron chi connectivity index (χ0n) is 15.0. The van der Waals surface area contributed by atoms with Gasteiger partial charge in [-0.3, -0.25) is 9.59 Å². The van der Waals surface area contributed by atoms with Gasteiger partial charge in [-0.15, -0.1) is 0 Å². The third-order valence-electron chi connectivity index (χ3n) is 4.03. The molecule has 0 aliphatic heterocycles. The number of esters is 1. The molecule has 1 rings (SSSR count). The quantitative estimate of drug-likeness (QED) is 0.240. The van der Waals surface area contributed by atoms with Gasteiger partial charge in [-0.1, -0.05) is 58.3 Å². The largest absolute Gasteiger partial charge is 0.508 e. The lowest BCUT2D eigenvalue weighted by Gasteiger charge is -2.08. The van der Waals surface area contributed by atoms with E-state index in [1.54, 1.807) is 0 Å². The summed E-state index contributed by atoms with van der Waals surface area (Å²) >= 11 is 0. The number of phenolic OH excluding ortho intramolecular Hbond substituents is 1. The first-order valence-corrected chi connectivity index (χ1v) is 9.09. The van der Waals surface area contributed by atoms with Gasteiger partial charge >= 0.3 is 5.97 Å². The number of rotatable bonds is 12. The molecule has 134 valence electrons. The van der Waals surface area contributed by atoms with Crippen molar-refractivity contribution in [2.24, 2.45) is 0 Å². The van der Waals surface area contributed by atoms with Crippen molar-refractivity contribution >= 4 is 11.8 Å². The maximum Gasteiger partial charge on any atom is 0.308 e. The van der Waals surface area contributed by atoms with Crippen molar-refractivity contribution in [1.82, 2.24) is 0 Å². The minimum Gasteiger partial charge on any atom is -0.508 e. The van der Waals surface area contributed by atoms with Gasteiger partial charge in [0.05, 0.1) is 5.56 Å². The van der Waals surface area contributed by atoms with E-state index in [1.807, 2.05) is 0 Å². The number of unbranched alkanes of at least 4 members (excludes halogenated alkanes) is 8. The van der Waals surface area contributed by atoms with Gasteiger partial charge in [0.25, 0.3) is 0 Å². The minimum atomic E-state index is -0.502. The highest BCUT2D eigenvalue weighted by atomic mass is 16.5. The van der Waals surface area contributed by atoms with Gasteiger partial charge in [0.1, 0.15) is 11.5 Å². The smallest absolute Gasteiger partial charge is 0.308 e. The van der Waals surface area contributed by atoms with Gasteiger partial charge in [0.2, 0.25) is 0 Å². The summed E-state index contributed by atoms with van der Waals surface area (Å²) in [6.07, 6.45) is 11.2. The summed E-state index contributed by atoms with van der Waals surface area (Å²) in [6.45, 7) is 3.50. The Balaban J connectivity index is 2.31. The topological polar surface area (TPSA) is 63.6 Å². The van der Waals surface area contributed by atoms with E-state index < -0.39 is 5.97 Å². The molecule has 0 bridgehead atoms. The third-order valence-corrected chi connectivity index (χ3v) is 4.03. The molecule has 0 saturated heterocycles. The average molecular weight is 334 g/mol. The predicted octanol–water partition coefficient (Wildman–Crippen LogP) is 5.42. The van der Waals surface area contributed by atoms with Crippen LogP contribution >= 0.6 is 0 Å². The molecule has 4 nitrogen and oxygen atoms in total. The van der Waals surface area contributed by atoms with E-state index >= 15 is 0 Å². The highest BCUT2D eigenvalue weighted by molar-refractivity contribution is 5.99. The third kappa shape index (κ3) is 8.14. The van der Waals surface area contributed by atoms with E-state index in [-0.39, 0.29) is 17.3 Å². The number of aromatic hydroxyl groups is 1. The van der Waals surface area contributed by atoms with Gasteiger partial charge in [-0.05, 0) is 18.6 Å². The van der Waals surface area contributed by atoms with Crippen LogP contribution in [0.3, 0.4) is 0 Å². The fourth-order valence-electron chi connectivity index (χ4n) is 2.71. The molecule has 0 heterocycles. The lowest BCUT2D eigenvalue weighted by atomic mass is 10.0. The number of hydrogen-bond acceptors (Lipinski definition) is 4. The van der Waals surface area contributed by atoms with Crippen LogP contribution in [-0.4, -0.2) is 16.9 Å². The Morgan fingerprint density at radius 1 is 0.958 bits per heavy atom. The van der Waals surface area contributed by atoms with Crippen molar-refractivity contribution in [2.45, 2.75) is 78.1 Å². The number of ether oxygens (including phenoxy) is 1. The van der Waals surface area contributed by atoms with Crippen LogP contribution in [0.1, 0.15) is 88.4 Å². The zero-order valence-corrected chi connectivity index (χ0v) is 15.0. The van der Waals surface area contributed by atoms with Crippen molar-refractivity contribution in [2.75, 3.05) is 0 Å². The fraction of sp³-hybridized carbons (Fsp3) is 0.600. The van der Waals surface area contributed by atoms with Gasteiger partial charge in [-0.2, -0.15) is 0 Å². The van der Waals surface area contributed by atoms with Crippen LogP contribution in [0, 0.1) is 0 Å². The number of ketones is 1. The number of benzene rings is 1. The molecular weight excluding hydrogens is 304 g/mol. The molecule has 0 unspecified atom stereocenters. The molecular formula is C20H30O4. The van der Waals surface area contributed by atoms with Crippen LogP contribution in [0.25, 0.3) is 0 Å². The molecule has 0 aromatic heterocycles. The Morgan fingerprint density at radius 2 is 1.54 bits per heavy atom. The second-order valence-electron chi connectivity index (χ2n) is 6.28. The first-order chi connectivity index (χ1) is 11.5. The van der Waals surface area contributed by atoms with Crippen molar-refractivity contribution < 1.29 is 19.4 Å². The number of phenols is 1. The van der Waals surface area contributed by atoms with E-state index in [0.717, 1.165) is 19.3 Å². The zero-order chi connectivity index (χ0) is 17.8. The Kier molecular flexibility index (Phi) is 9.81. The lowest BCUT2D eigenvalue weighted by Crippen LogP contribution is -2.07. The van der Waals surface area contributed by atoms with E-state index in [1.165, 1.54) is 63.6 Å². The normalized spacial score (nSPS) is 10.6. The molecule has 1 N–H and O–H groups in total. The molecule has 0 atom stereocenters. The molecule has 0 saturated carbocycles. The van der Waals surface area contributed by atoms with Crippen LogP contribution in [0.4, 0.5) is 0 Å². The van der Waals surface area contributed by atoms with E-state index in [9.17, 15) is 14.7 Å². The molecule has 0 amide bonds. The maximum absolute atomic E-state index is 12.3. The van der Waals surface area contributed by atoms with Crippen LogP contribution in [0.5, 0.6) is 11.5 Å². The van der Waals surface area contributed by atoms with Crippen LogP contribution < -0.4 is 4.74 Å². The van der Waals surface area contributed by atoms with Gasteiger partial charge in [0.15, 0.2) is 5.78 Å². The summed E-state index contributed by atoms with van der Waals surface area (Å²) in [5.74, 6) is -0.429. The number of carbonyl (C=O) groups is 2. The van der Waals surface area contributed by atoms with Crippen LogP contribution in [0.15, 0.2) is 18.2 Å². The van der Waals surface area contributed by atoms with Crippen LogP contribution in [0.2, 0.25) is 0 Å². The van der Waals surface area contributed by atoms with Crippen molar-refractivity contribution in [3.05, 3.63) is 23.8 Å². The Labute approximate surface area is 145 Å². The first-order valence-electron chi connectivity index (χ1n) is 9.09. The first kappa shape index (κ1) is 20.2. The van der Waals surface area contributed by atoms with Crippen molar-refractivity contribution in [3.8, 4) is 11.5 Å². The average Bonchev–Trinajstić information content (AvgIpc) is 2.52. The number of hydrogen-bond donors (Lipinski definition) is 1. The minimum absolute atomic E-state index is 0.0223.